The van der Waals surface area contributed by atoms with Crippen LogP contribution in [0.15, 0.2) is 60.7 Å². The van der Waals surface area contributed by atoms with Crippen LogP contribution in [0.4, 0.5) is 4.79 Å². The summed E-state index contributed by atoms with van der Waals surface area (Å²) in [5.74, 6) is 0.0215. The van der Waals surface area contributed by atoms with Crippen molar-refractivity contribution in [2.45, 2.75) is 51.3 Å². The summed E-state index contributed by atoms with van der Waals surface area (Å²) < 4.78 is 5.45. The molecule has 1 saturated heterocycles. The van der Waals surface area contributed by atoms with Crippen molar-refractivity contribution in [1.29, 1.82) is 0 Å². The molecule has 5 heteroatoms. The molecule has 0 bridgehead atoms. The van der Waals surface area contributed by atoms with Crippen molar-refractivity contribution in [2.24, 2.45) is 0 Å². The van der Waals surface area contributed by atoms with Gasteiger partial charge in [0, 0.05) is 25.4 Å². The van der Waals surface area contributed by atoms with Crippen LogP contribution in [0.5, 0.6) is 0 Å². The van der Waals surface area contributed by atoms with Crippen molar-refractivity contribution in [3.8, 4) is 0 Å². The summed E-state index contributed by atoms with van der Waals surface area (Å²) in [7, 11) is 0. The second-order valence-corrected chi connectivity index (χ2v) is 8.23. The molecule has 2 aromatic rings. The van der Waals surface area contributed by atoms with E-state index in [0.717, 1.165) is 11.1 Å². The van der Waals surface area contributed by atoms with Gasteiger partial charge in [-0.1, -0.05) is 60.7 Å². The van der Waals surface area contributed by atoms with Crippen molar-refractivity contribution < 1.29 is 14.3 Å². The molecule has 0 radical (unpaired) electrons. The van der Waals surface area contributed by atoms with E-state index in [1.165, 1.54) is 0 Å². The third kappa shape index (κ3) is 5.35. The summed E-state index contributed by atoms with van der Waals surface area (Å²) in [6.07, 6.45) is -0.0930. The van der Waals surface area contributed by atoms with Gasteiger partial charge < -0.3 is 15.0 Å². The Hall–Kier alpha value is -2.82. The summed E-state index contributed by atoms with van der Waals surface area (Å²) in [6.45, 7) is 6.51. The monoisotopic (exact) mass is 380 g/mol. The van der Waals surface area contributed by atoms with Gasteiger partial charge in [0.2, 0.25) is 5.91 Å². The zero-order valence-electron chi connectivity index (χ0n) is 16.7. The summed E-state index contributed by atoms with van der Waals surface area (Å²) in [4.78, 5) is 27.1. The Morgan fingerprint density at radius 3 is 2.29 bits per heavy atom. The first-order valence-electron chi connectivity index (χ1n) is 9.68. The number of piperidine rings is 1. The van der Waals surface area contributed by atoms with Crippen LogP contribution >= 0.6 is 0 Å². The number of alkyl carbamates (subject to hydrolysis) is 1. The standard InChI is InChI=1S/C23H28N2O3/c1-23(2,3)28-22(27)24-20-16-25(15-17-10-6-4-7-11-17)21(26)14-19(20)18-12-8-5-9-13-18/h4-13,19-20H,14-16H2,1-3H3,(H,24,27). The Kier molecular flexibility index (Phi) is 6.02. The van der Waals surface area contributed by atoms with Crippen molar-refractivity contribution >= 4 is 12.0 Å². The zero-order chi connectivity index (χ0) is 20.1. The summed E-state index contributed by atoms with van der Waals surface area (Å²) in [6, 6.07) is 19.6. The van der Waals surface area contributed by atoms with E-state index in [-0.39, 0.29) is 17.9 Å². The molecule has 0 spiro atoms. The molecule has 1 aliphatic heterocycles. The molecule has 28 heavy (non-hydrogen) atoms. The fraction of sp³-hybridized carbons (Fsp3) is 0.391. The van der Waals surface area contributed by atoms with Gasteiger partial charge in [-0.3, -0.25) is 4.79 Å². The van der Waals surface area contributed by atoms with Gasteiger partial charge in [-0.25, -0.2) is 4.79 Å². The number of hydrogen-bond donors (Lipinski definition) is 1. The summed E-state index contributed by atoms with van der Waals surface area (Å²) in [5, 5.41) is 3.01. The van der Waals surface area contributed by atoms with Crippen molar-refractivity contribution in [3.63, 3.8) is 0 Å². The van der Waals surface area contributed by atoms with Crippen LogP contribution in [0.1, 0.15) is 44.2 Å². The second kappa shape index (κ2) is 8.46. The van der Waals surface area contributed by atoms with Gasteiger partial charge in [0.15, 0.2) is 0 Å². The van der Waals surface area contributed by atoms with E-state index < -0.39 is 11.7 Å². The maximum Gasteiger partial charge on any atom is 0.407 e. The fourth-order valence-electron chi connectivity index (χ4n) is 3.54. The first-order valence-corrected chi connectivity index (χ1v) is 9.68. The number of amides is 2. The number of nitrogens with zero attached hydrogens (tertiary/aromatic N) is 1. The summed E-state index contributed by atoms with van der Waals surface area (Å²) >= 11 is 0. The molecular formula is C23H28N2O3. The van der Waals surface area contributed by atoms with Crippen LogP contribution < -0.4 is 5.32 Å². The van der Waals surface area contributed by atoms with E-state index >= 15 is 0 Å². The van der Waals surface area contributed by atoms with Crippen molar-refractivity contribution in [2.75, 3.05) is 6.54 Å². The fourth-order valence-corrected chi connectivity index (χ4v) is 3.54. The molecule has 148 valence electrons. The quantitative estimate of drug-likeness (QED) is 0.869. The molecule has 2 aromatic carbocycles. The first-order chi connectivity index (χ1) is 13.3. The molecule has 0 aliphatic carbocycles. The van der Waals surface area contributed by atoms with E-state index in [4.69, 9.17) is 4.74 Å². The Bertz CT molecular complexity index is 800. The molecule has 3 rings (SSSR count). The molecule has 0 aromatic heterocycles. The van der Waals surface area contributed by atoms with Gasteiger partial charge in [0.05, 0.1) is 6.04 Å². The van der Waals surface area contributed by atoms with Crippen LogP contribution in [0.25, 0.3) is 0 Å². The molecule has 1 heterocycles. The molecule has 2 atom stereocenters. The minimum Gasteiger partial charge on any atom is -0.444 e. The minimum atomic E-state index is -0.569. The number of carbonyl (C=O) groups excluding carboxylic acids is 2. The lowest BCUT2D eigenvalue weighted by Crippen LogP contribution is -2.54. The molecule has 2 amide bonds. The molecule has 1 fully saturated rings. The highest BCUT2D eigenvalue weighted by atomic mass is 16.6. The largest absolute Gasteiger partial charge is 0.444 e. The van der Waals surface area contributed by atoms with E-state index in [2.05, 4.69) is 5.32 Å². The SMILES string of the molecule is CC(C)(C)OC(=O)NC1CN(Cc2ccccc2)C(=O)CC1c1ccccc1. The minimum absolute atomic E-state index is 0.0757. The summed E-state index contributed by atoms with van der Waals surface area (Å²) in [5.41, 5.74) is 1.56. The molecule has 2 unspecified atom stereocenters. The molecule has 1 N–H and O–H groups in total. The number of rotatable bonds is 4. The molecule has 5 nitrogen and oxygen atoms in total. The number of carbonyl (C=O) groups is 2. The van der Waals surface area contributed by atoms with Crippen LogP contribution in [0.3, 0.4) is 0 Å². The smallest absolute Gasteiger partial charge is 0.407 e. The number of nitrogens with one attached hydrogen (secondary N) is 1. The number of likely N-dealkylation sites (tertiary alicyclic amines) is 1. The molecule has 1 aliphatic rings. The lowest BCUT2D eigenvalue weighted by molar-refractivity contribution is -0.135. The van der Waals surface area contributed by atoms with Gasteiger partial charge in [-0.15, -0.1) is 0 Å². The molecular weight excluding hydrogens is 352 g/mol. The van der Waals surface area contributed by atoms with Gasteiger partial charge in [0.25, 0.3) is 0 Å². The zero-order valence-corrected chi connectivity index (χ0v) is 16.7. The third-order valence-corrected chi connectivity index (χ3v) is 4.80. The first kappa shape index (κ1) is 19.9. The van der Waals surface area contributed by atoms with Gasteiger partial charge in [0.1, 0.15) is 5.60 Å². The number of hydrogen-bond acceptors (Lipinski definition) is 3. The maximum absolute atomic E-state index is 12.8. The lowest BCUT2D eigenvalue weighted by Gasteiger charge is -2.39. The average molecular weight is 380 g/mol. The Morgan fingerprint density at radius 1 is 1.07 bits per heavy atom. The maximum atomic E-state index is 12.8. The highest BCUT2D eigenvalue weighted by Crippen LogP contribution is 2.30. The number of ether oxygens (including phenoxy) is 1. The molecule has 0 saturated carbocycles. The van der Waals surface area contributed by atoms with Gasteiger partial charge >= 0.3 is 6.09 Å². The van der Waals surface area contributed by atoms with Crippen LogP contribution in [-0.2, 0) is 16.1 Å². The lowest BCUT2D eigenvalue weighted by atomic mass is 9.84. The predicted molar refractivity (Wildman–Crippen MR) is 109 cm³/mol. The van der Waals surface area contributed by atoms with Crippen molar-refractivity contribution in [1.82, 2.24) is 10.2 Å². The average Bonchev–Trinajstić information content (AvgIpc) is 2.64. The Labute approximate surface area is 166 Å². The van der Waals surface area contributed by atoms with E-state index in [9.17, 15) is 9.59 Å². The second-order valence-electron chi connectivity index (χ2n) is 8.23. The van der Waals surface area contributed by atoms with Crippen LogP contribution in [0.2, 0.25) is 0 Å². The van der Waals surface area contributed by atoms with Gasteiger partial charge in [-0.2, -0.15) is 0 Å². The third-order valence-electron chi connectivity index (χ3n) is 4.80. The Morgan fingerprint density at radius 2 is 1.68 bits per heavy atom. The Balaban J connectivity index is 1.79. The predicted octanol–water partition coefficient (Wildman–Crippen LogP) is 4.10. The van der Waals surface area contributed by atoms with Crippen LogP contribution in [0, 0.1) is 0 Å². The topological polar surface area (TPSA) is 58.6 Å². The van der Waals surface area contributed by atoms with E-state index in [1.54, 1.807) is 0 Å². The van der Waals surface area contributed by atoms with Crippen molar-refractivity contribution in [3.05, 3.63) is 71.8 Å². The van der Waals surface area contributed by atoms with Crippen LogP contribution in [-0.4, -0.2) is 35.1 Å². The van der Waals surface area contributed by atoms with E-state index in [0.29, 0.717) is 19.5 Å². The highest BCUT2D eigenvalue weighted by Gasteiger charge is 2.36. The number of benzene rings is 2. The highest BCUT2D eigenvalue weighted by molar-refractivity contribution is 5.79. The van der Waals surface area contributed by atoms with Gasteiger partial charge in [-0.05, 0) is 31.9 Å². The normalized spacial score (nSPS) is 20.0. The van der Waals surface area contributed by atoms with E-state index in [1.807, 2.05) is 86.3 Å².